The van der Waals surface area contributed by atoms with Crippen LogP contribution in [0.4, 0.5) is 0 Å². The van der Waals surface area contributed by atoms with E-state index >= 15 is 0 Å². The van der Waals surface area contributed by atoms with E-state index < -0.39 is 0 Å². The smallest absolute Gasteiger partial charge is 0.223 e. The van der Waals surface area contributed by atoms with E-state index in [-0.39, 0.29) is 5.91 Å². The summed E-state index contributed by atoms with van der Waals surface area (Å²) in [6, 6.07) is 2.02. The fourth-order valence-corrected chi connectivity index (χ4v) is 2.47. The molecule has 0 unspecified atom stereocenters. The predicted octanol–water partition coefficient (Wildman–Crippen LogP) is 1.39. The second-order valence-electron chi connectivity index (χ2n) is 3.03. The summed E-state index contributed by atoms with van der Waals surface area (Å²) in [5, 5.41) is 16.0. The number of thioether (sulfide) groups is 1. The van der Waals surface area contributed by atoms with Gasteiger partial charge < -0.3 is 4.90 Å². The molecule has 0 aliphatic heterocycles. The maximum Gasteiger partial charge on any atom is 0.223 e. The van der Waals surface area contributed by atoms with Gasteiger partial charge in [0.05, 0.1) is 12.5 Å². The lowest BCUT2D eigenvalue weighted by atomic mass is 10.3. The second-order valence-corrected chi connectivity index (χ2v) is 5.20. The molecule has 0 aliphatic carbocycles. The number of nitriles is 1. The minimum Gasteiger partial charge on any atom is -0.345 e. The van der Waals surface area contributed by atoms with Crippen LogP contribution in [-0.4, -0.2) is 40.3 Å². The first-order valence-corrected chi connectivity index (χ1v) is 6.60. The van der Waals surface area contributed by atoms with E-state index in [1.165, 1.54) is 23.1 Å². The third-order valence-electron chi connectivity index (χ3n) is 1.87. The van der Waals surface area contributed by atoms with Crippen LogP contribution in [0.2, 0.25) is 0 Å². The summed E-state index contributed by atoms with van der Waals surface area (Å²) < 4.78 is 0.882. The number of amides is 1. The van der Waals surface area contributed by atoms with Crippen molar-refractivity contribution in [1.82, 2.24) is 15.1 Å². The number of carbonyl (C=O) groups is 1. The SMILES string of the molecule is CN(CCC#N)C(=O)CCSc1nncs1. The summed E-state index contributed by atoms with van der Waals surface area (Å²) in [6.07, 6.45) is 0.845. The number of rotatable bonds is 6. The van der Waals surface area contributed by atoms with E-state index in [0.29, 0.717) is 25.1 Å². The van der Waals surface area contributed by atoms with Crippen molar-refractivity contribution >= 4 is 29.0 Å². The van der Waals surface area contributed by atoms with Crippen molar-refractivity contribution in [2.24, 2.45) is 0 Å². The van der Waals surface area contributed by atoms with Crippen LogP contribution in [0.1, 0.15) is 12.8 Å². The largest absolute Gasteiger partial charge is 0.345 e. The highest BCUT2D eigenvalue weighted by atomic mass is 32.2. The highest BCUT2D eigenvalue weighted by Crippen LogP contribution is 2.19. The van der Waals surface area contributed by atoms with Gasteiger partial charge >= 0.3 is 0 Å². The third kappa shape index (κ3) is 4.59. The minimum atomic E-state index is 0.0623. The molecule has 1 aromatic heterocycles. The van der Waals surface area contributed by atoms with Crippen molar-refractivity contribution in [2.75, 3.05) is 19.3 Å². The fraction of sp³-hybridized carbons (Fsp3) is 0.556. The molecule has 0 saturated carbocycles. The Morgan fingerprint density at radius 1 is 1.75 bits per heavy atom. The first-order chi connectivity index (χ1) is 7.74. The number of hydrogen-bond acceptors (Lipinski definition) is 6. The fourth-order valence-electron chi connectivity index (χ4n) is 0.985. The van der Waals surface area contributed by atoms with Crippen molar-refractivity contribution < 1.29 is 4.79 Å². The van der Waals surface area contributed by atoms with E-state index in [0.717, 1.165) is 4.34 Å². The molecule has 0 aromatic carbocycles. The zero-order valence-electron chi connectivity index (χ0n) is 8.92. The molecular formula is C9H12N4OS2. The molecule has 0 fully saturated rings. The maximum absolute atomic E-state index is 11.5. The Labute approximate surface area is 102 Å². The Balaban J connectivity index is 2.17. The molecule has 0 bridgehead atoms. The van der Waals surface area contributed by atoms with E-state index in [1.807, 2.05) is 6.07 Å². The molecule has 1 heterocycles. The number of nitrogens with zero attached hydrogens (tertiary/aromatic N) is 4. The summed E-state index contributed by atoms with van der Waals surface area (Å²) in [7, 11) is 1.72. The molecule has 0 atom stereocenters. The molecule has 1 amide bonds. The van der Waals surface area contributed by atoms with E-state index in [4.69, 9.17) is 5.26 Å². The second kappa shape index (κ2) is 7.19. The van der Waals surface area contributed by atoms with Crippen LogP contribution in [0, 0.1) is 11.3 Å². The van der Waals surface area contributed by atoms with Crippen molar-refractivity contribution in [3.63, 3.8) is 0 Å². The van der Waals surface area contributed by atoms with Crippen LogP contribution in [0.15, 0.2) is 9.85 Å². The van der Waals surface area contributed by atoms with Gasteiger partial charge in [0.15, 0.2) is 4.34 Å². The van der Waals surface area contributed by atoms with Crippen molar-refractivity contribution in [3.8, 4) is 6.07 Å². The average molecular weight is 256 g/mol. The predicted molar refractivity (Wildman–Crippen MR) is 63.1 cm³/mol. The molecule has 7 heteroatoms. The van der Waals surface area contributed by atoms with Gasteiger partial charge in [-0.2, -0.15) is 5.26 Å². The molecule has 86 valence electrons. The lowest BCUT2D eigenvalue weighted by molar-refractivity contribution is -0.129. The highest BCUT2D eigenvalue weighted by molar-refractivity contribution is 8.01. The lowest BCUT2D eigenvalue weighted by Gasteiger charge is -2.14. The normalized spacial score (nSPS) is 9.75. The van der Waals surface area contributed by atoms with Gasteiger partial charge in [-0.3, -0.25) is 4.79 Å². The van der Waals surface area contributed by atoms with Gasteiger partial charge in [0.1, 0.15) is 5.51 Å². The Morgan fingerprint density at radius 3 is 3.19 bits per heavy atom. The van der Waals surface area contributed by atoms with Gasteiger partial charge in [0.2, 0.25) is 5.91 Å². The molecule has 0 N–H and O–H groups in total. The van der Waals surface area contributed by atoms with Crippen LogP contribution < -0.4 is 0 Å². The van der Waals surface area contributed by atoms with Crippen LogP contribution in [0.5, 0.6) is 0 Å². The van der Waals surface area contributed by atoms with Gasteiger partial charge in [-0.15, -0.1) is 10.2 Å². The van der Waals surface area contributed by atoms with Crippen molar-refractivity contribution in [2.45, 2.75) is 17.2 Å². The molecular weight excluding hydrogens is 244 g/mol. The molecule has 0 spiro atoms. The number of aromatic nitrogens is 2. The summed E-state index contributed by atoms with van der Waals surface area (Å²) in [4.78, 5) is 13.1. The molecule has 16 heavy (non-hydrogen) atoms. The van der Waals surface area contributed by atoms with E-state index in [2.05, 4.69) is 10.2 Å². The quantitative estimate of drug-likeness (QED) is 0.719. The summed E-state index contributed by atoms with van der Waals surface area (Å²) >= 11 is 3.00. The van der Waals surface area contributed by atoms with Crippen LogP contribution >= 0.6 is 23.1 Å². The van der Waals surface area contributed by atoms with E-state index in [1.54, 1.807) is 17.5 Å². The summed E-state index contributed by atoms with van der Waals surface area (Å²) in [5.41, 5.74) is 1.67. The standard InChI is InChI=1S/C9H12N4OS2/c1-13(5-2-4-10)8(14)3-6-15-9-12-11-7-16-9/h7H,2-3,5-6H2,1H3. The number of hydrogen-bond donors (Lipinski definition) is 0. The molecule has 1 rings (SSSR count). The first kappa shape index (κ1) is 12.9. The molecule has 0 radical (unpaired) electrons. The summed E-state index contributed by atoms with van der Waals surface area (Å²) in [6.45, 7) is 0.499. The van der Waals surface area contributed by atoms with Gasteiger partial charge in [-0.25, -0.2) is 0 Å². The molecule has 0 saturated heterocycles. The Bertz CT molecular complexity index is 360. The molecule has 1 aromatic rings. The topological polar surface area (TPSA) is 69.9 Å². The van der Waals surface area contributed by atoms with Crippen LogP contribution in [0.25, 0.3) is 0 Å². The zero-order valence-corrected chi connectivity index (χ0v) is 10.6. The van der Waals surface area contributed by atoms with E-state index in [9.17, 15) is 4.79 Å². The Morgan fingerprint density at radius 2 is 2.56 bits per heavy atom. The van der Waals surface area contributed by atoms with Crippen molar-refractivity contribution in [3.05, 3.63) is 5.51 Å². The van der Waals surface area contributed by atoms with Crippen LogP contribution in [-0.2, 0) is 4.79 Å². The Hall–Kier alpha value is -1.13. The van der Waals surface area contributed by atoms with Crippen molar-refractivity contribution in [1.29, 1.82) is 5.26 Å². The van der Waals surface area contributed by atoms with Gasteiger partial charge in [0, 0.05) is 25.8 Å². The van der Waals surface area contributed by atoms with Crippen LogP contribution in [0.3, 0.4) is 0 Å². The summed E-state index contributed by atoms with van der Waals surface area (Å²) in [5.74, 6) is 0.762. The third-order valence-corrected chi connectivity index (χ3v) is 3.73. The van der Waals surface area contributed by atoms with Gasteiger partial charge in [-0.05, 0) is 0 Å². The lowest BCUT2D eigenvalue weighted by Crippen LogP contribution is -2.27. The monoisotopic (exact) mass is 256 g/mol. The minimum absolute atomic E-state index is 0.0623. The molecule has 5 nitrogen and oxygen atoms in total. The molecule has 0 aliphatic rings. The highest BCUT2D eigenvalue weighted by Gasteiger charge is 2.08. The maximum atomic E-state index is 11.5. The zero-order chi connectivity index (χ0) is 11.8. The first-order valence-electron chi connectivity index (χ1n) is 4.74. The van der Waals surface area contributed by atoms with Gasteiger partial charge in [0.25, 0.3) is 0 Å². The average Bonchev–Trinajstić information content (AvgIpc) is 2.78. The Kier molecular flexibility index (Phi) is 5.82. The number of carbonyl (C=O) groups excluding carboxylic acids is 1. The van der Waals surface area contributed by atoms with Gasteiger partial charge in [-0.1, -0.05) is 23.1 Å².